The number of carbonyl (C=O) groups is 1. The van der Waals surface area contributed by atoms with Gasteiger partial charge in [0.05, 0.1) is 17.8 Å². The number of hydrogen-bond donors (Lipinski definition) is 0. The highest BCUT2D eigenvalue weighted by Crippen LogP contribution is 2.29. The number of rotatable bonds is 3. The fraction of sp³-hybridized carbons (Fsp3) is 0.500. The normalized spacial score (nSPS) is 16.4. The van der Waals surface area contributed by atoms with E-state index in [1.165, 1.54) is 12.1 Å². The Hall–Kier alpha value is -1.93. The first-order valence-corrected chi connectivity index (χ1v) is 10.1. The van der Waals surface area contributed by atoms with Crippen molar-refractivity contribution in [3.05, 3.63) is 51.5 Å². The first-order valence-electron chi connectivity index (χ1n) is 9.18. The van der Waals surface area contributed by atoms with Crippen LogP contribution < -0.4 is 0 Å². The second-order valence-electron chi connectivity index (χ2n) is 8.02. The van der Waals surface area contributed by atoms with E-state index >= 15 is 0 Å². The lowest BCUT2D eigenvalue weighted by Gasteiger charge is -2.34. The molecule has 1 fully saturated rings. The van der Waals surface area contributed by atoms with Crippen molar-refractivity contribution in [3.8, 4) is 0 Å². The van der Waals surface area contributed by atoms with Gasteiger partial charge in [-0.15, -0.1) is 11.3 Å². The molecule has 0 spiro atoms. The Kier molecular flexibility index (Phi) is 5.82. The van der Waals surface area contributed by atoms with Crippen LogP contribution in [0.3, 0.4) is 0 Å². The van der Waals surface area contributed by atoms with Gasteiger partial charge in [0.25, 0.3) is 5.91 Å². The summed E-state index contributed by atoms with van der Waals surface area (Å²) in [6, 6.07) is 4.42. The number of halogens is 3. The summed E-state index contributed by atoms with van der Waals surface area (Å²) in [5.74, 6) is -0.224. The molecule has 1 aliphatic heterocycles. The van der Waals surface area contributed by atoms with Crippen LogP contribution in [0.15, 0.2) is 29.6 Å². The number of carbonyl (C=O) groups excluding carboxylic acids is 1. The van der Waals surface area contributed by atoms with Crippen LogP contribution in [0.2, 0.25) is 0 Å². The van der Waals surface area contributed by atoms with E-state index in [0.29, 0.717) is 13.1 Å². The zero-order valence-corrected chi connectivity index (χ0v) is 17.0. The first kappa shape index (κ1) is 20.8. The van der Waals surface area contributed by atoms with Crippen LogP contribution in [0.25, 0.3) is 0 Å². The molecule has 0 N–H and O–H groups in total. The summed E-state index contributed by atoms with van der Waals surface area (Å²) in [6.07, 6.45) is -4.39. The Balaban J connectivity index is 1.55. The molecular weight excluding hydrogens is 387 g/mol. The molecule has 2 aromatic rings. The molecule has 8 heteroatoms. The summed E-state index contributed by atoms with van der Waals surface area (Å²) in [5.41, 5.74) is 0.661. The van der Waals surface area contributed by atoms with Crippen molar-refractivity contribution in [3.63, 3.8) is 0 Å². The fourth-order valence-electron chi connectivity index (χ4n) is 3.01. The maximum absolute atomic E-state index is 12.7. The topological polar surface area (TPSA) is 36.4 Å². The Bertz CT molecular complexity index is 816. The van der Waals surface area contributed by atoms with Crippen LogP contribution in [0.5, 0.6) is 0 Å². The molecule has 0 bridgehead atoms. The maximum Gasteiger partial charge on any atom is 0.416 e. The number of aromatic nitrogens is 1. The van der Waals surface area contributed by atoms with Gasteiger partial charge in [0, 0.05) is 42.5 Å². The number of hydrogen-bond acceptors (Lipinski definition) is 4. The molecule has 28 heavy (non-hydrogen) atoms. The highest BCUT2D eigenvalue weighted by molar-refractivity contribution is 7.09. The maximum atomic E-state index is 12.7. The molecule has 0 saturated carbocycles. The van der Waals surface area contributed by atoms with Crippen LogP contribution in [0.1, 0.15) is 47.4 Å². The second-order valence-corrected chi connectivity index (χ2v) is 8.96. The van der Waals surface area contributed by atoms with Gasteiger partial charge in [-0.1, -0.05) is 20.8 Å². The average molecular weight is 411 g/mol. The standard InChI is InChI=1S/C20H24F3N3OS/c1-19(2,3)16-13-28-17(24-16)12-25-8-10-26(11-9-25)18(27)14-4-6-15(7-5-14)20(21,22)23/h4-7,13H,8-12H2,1-3H3. The third-order valence-corrected chi connectivity index (χ3v) is 5.63. The third-order valence-electron chi connectivity index (χ3n) is 4.80. The first-order chi connectivity index (χ1) is 13.0. The molecule has 4 nitrogen and oxygen atoms in total. The number of amides is 1. The summed E-state index contributed by atoms with van der Waals surface area (Å²) in [5, 5.41) is 3.16. The molecule has 1 amide bonds. The smallest absolute Gasteiger partial charge is 0.336 e. The van der Waals surface area contributed by atoms with Crippen molar-refractivity contribution < 1.29 is 18.0 Å². The summed E-state index contributed by atoms with van der Waals surface area (Å²) < 4.78 is 38.0. The lowest BCUT2D eigenvalue weighted by atomic mass is 9.93. The zero-order valence-electron chi connectivity index (χ0n) is 16.2. The summed E-state index contributed by atoms with van der Waals surface area (Å²) >= 11 is 1.65. The van der Waals surface area contributed by atoms with E-state index < -0.39 is 11.7 Å². The number of benzene rings is 1. The molecule has 1 aliphatic rings. The van der Waals surface area contributed by atoms with Crippen molar-refractivity contribution >= 4 is 17.2 Å². The minimum Gasteiger partial charge on any atom is -0.336 e. The van der Waals surface area contributed by atoms with Crippen LogP contribution in [-0.2, 0) is 18.1 Å². The number of nitrogens with zero attached hydrogens (tertiary/aromatic N) is 3. The molecule has 3 rings (SSSR count). The van der Waals surface area contributed by atoms with Crippen molar-refractivity contribution in [2.45, 2.75) is 38.9 Å². The highest BCUT2D eigenvalue weighted by atomic mass is 32.1. The van der Waals surface area contributed by atoms with Gasteiger partial charge in [-0.25, -0.2) is 4.98 Å². The van der Waals surface area contributed by atoms with Gasteiger partial charge in [0.15, 0.2) is 0 Å². The fourth-order valence-corrected chi connectivity index (χ4v) is 4.07. The Morgan fingerprint density at radius 1 is 1.07 bits per heavy atom. The molecule has 0 aliphatic carbocycles. The van der Waals surface area contributed by atoms with E-state index in [1.807, 2.05) is 0 Å². The molecule has 0 atom stereocenters. The van der Waals surface area contributed by atoms with Gasteiger partial charge in [-0.3, -0.25) is 9.69 Å². The van der Waals surface area contributed by atoms with E-state index in [2.05, 4.69) is 31.1 Å². The van der Waals surface area contributed by atoms with Gasteiger partial charge in [-0.05, 0) is 24.3 Å². The predicted octanol–water partition coefficient (Wildman–Crippen LogP) is 4.42. The van der Waals surface area contributed by atoms with Crippen LogP contribution >= 0.6 is 11.3 Å². The quantitative estimate of drug-likeness (QED) is 0.750. The van der Waals surface area contributed by atoms with Crippen molar-refractivity contribution in [1.29, 1.82) is 0 Å². The highest BCUT2D eigenvalue weighted by Gasteiger charge is 2.31. The molecule has 0 radical (unpaired) electrons. The molecule has 0 unspecified atom stereocenters. The minimum atomic E-state index is -4.39. The summed E-state index contributed by atoms with van der Waals surface area (Å²) in [4.78, 5) is 21.2. The molecule has 1 aromatic carbocycles. The van der Waals surface area contributed by atoms with Crippen LogP contribution in [0, 0.1) is 0 Å². The van der Waals surface area contributed by atoms with Gasteiger partial charge in [0.2, 0.25) is 0 Å². The molecular formula is C20H24F3N3OS. The minimum absolute atomic E-state index is 0.0293. The van der Waals surface area contributed by atoms with Gasteiger partial charge in [0.1, 0.15) is 5.01 Å². The van der Waals surface area contributed by atoms with Crippen molar-refractivity contribution in [2.24, 2.45) is 0 Å². The summed E-state index contributed by atoms with van der Waals surface area (Å²) in [7, 11) is 0. The van der Waals surface area contributed by atoms with E-state index in [-0.39, 0.29) is 16.9 Å². The van der Waals surface area contributed by atoms with E-state index in [1.54, 1.807) is 16.2 Å². The SMILES string of the molecule is CC(C)(C)c1csc(CN2CCN(C(=O)c3ccc(C(F)(F)F)cc3)CC2)n1. The van der Waals surface area contributed by atoms with E-state index in [0.717, 1.165) is 42.5 Å². The largest absolute Gasteiger partial charge is 0.416 e. The van der Waals surface area contributed by atoms with Crippen molar-refractivity contribution in [1.82, 2.24) is 14.8 Å². The van der Waals surface area contributed by atoms with Crippen LogP contribution in [0.4, 0.5) is 13.2 Å². The lowest BCUT2D eigenvalue weighted by Crippen LogP contribution is -2.48. The molecule has 152 valence electrons. The second kappa shape index (κ2) is 7.83. The lowest BCUT2D eigenvalue weighted by molar-refractivity contribution is -0.137. The monoisotopic (exact) mass is 411 g/mol. The van der Waals surface area contributed by atoms with Crippen LogP contribution in [-0.4, -0.2) is 46.9 Å². The Labute approximate surface area is 167 Å². The number of thiazole rings is 1. The van der Waals surface area contributed by atoms with Gasteiger partial charge in [-0.2, -0.15) is 13.2 Å². The number of alkyl halides is 3. The van der Waals surface area contributed by atoms with Gasteiger partial charge < -0.3 is 4.90 Å². The van der Waals surface area contributed by atoms with E-state index in [9.17, 15) is 18.0 Å². The zero-order chi connectivity index (χ0) is 20.5. The average Bonchev–Trinajstić information content (AvgIpc) is 3.10. The van der Waals surface area contributed by atoms with E-state index in [4.69, 9.17) is 4.98 Å². The summed E-state index contributed by atoms with van der Waals surface area (Å²) in [6.45, 7) is 9.71. The van der Waals surface area contributed by atoms with Crippen molar-refractivity contribution in [2.75, 3.05) is 26.2 Å². The number of piperazine rings is 1. The predicted molar refractivity (Wildman–Crippen MR) is 103 cm³/mol. The third kappa shape index (κ3) is 4.91. The van der Waals surface area contributed by atoms with Gasteiger partial charge >= 0.3 is 6.18 Å². The Morgan fingerprint density at radius 3 is 2.18 bits per heavy atom. The Morgan fingerprint density at radius 2 is 1.68 bits per heavy atom. The molecule has 1 saturated heterocycles. The molecule has 1 aromatic heterocycles. The molecule has 2 heterocycles.